The lowest BCUT2D eigenvalue weighted by atomic mass is 9.85. The summed E-state index contributed by atoms with van der Waals surface area (Å²) < 4.78 is 28.2. The average Bonchev–Trinajstić information content (AvgIpc) is 2.12. The molecule has 1 N–H and O–H groups in total. The van der Waals surface area contributed by atoms with Crippen molar-refractivity contribution in [2.45, 2.75) is 39.2 Å². The summed E-state index contributed by atoms with van der Waals surface area (Å²) in [7, 11) is -3.52. The minimum Gasteiger partial charge on any atom is -0.480 e. The van der Waals surface area contributed by atoms with E-state index in [4.69, 9.17) is 4.74 Å². The van der Waals surface area contributed by atoms with Crippen LogP contribution in [0.1, 0.15) is 33.6 Å². The molecule has 0 saturated carbocycles. The van der Waals surface area contributed by atoms with Gasteiger partial charge in [-0.25, -0.2) is 8.42 Å². The summed E-state index contributed by atoms with van der Waals surface area (Å²) >= 11 is 0. The maximum absolute atomic E-state index is 12.0. The lowest BCUT2D eigenvalue weighted by Gasteiger charge is -2.33. The first kappa shape index (κ1) is 14.9. The fraction of sp³-hybridized carbons (Fsp3) is 0.818. The van der Waals surface area contributed by atoms with Crippen LogP contribution in [0.2, 0.25) is 0 Å². The number of rotatable bonds is 2. The summed E-state index contributed by atoms with van der Waals surface area (Å²) in [6.45, 7) is 4.83. The van der Waals surface area contributed by atoms with Crippen LogP contribution >= 0.6 is 0 Å². The molecule has 0 aromatic heterocycles. The zero-order valence-corrected chi connectivity index (χ0v) is 11.5. The van der Waals surface area contributed by atoms with Crippen LogP contribution in [0.5, 0.6) is 0 Å². The van der Waals surface area contributed by atoms with Gasteiger partial charge < -0.3 is 9.84 Å². The van der Waals surface area contributed by atoms with Crippen LogP contribution in [-0.2, 0) is 24.2 Å². The Labute approximate surface area is 106 Å². The van der Waals surface area contributed by atoms with E-state index in [1.807, 2.05) is 0 Å². The van der Waals surface area contributed by atoms with Crippen molar-refractivity contribution in [3.05, 3.63) is 0 Å². The number of hydrogen-bond acceptors (Lipinski definition) is 5. The Morgan fingerprint density at radius 1 is 1.28 bits per heavy atom. The van der Waals surface area contributed by atoms with Crippen LogP contribution in [0.15, 0.2) is 0 Å². The second kappa shape index (κ2) is 4.53. The van der Waals surface area contributed by atoms with E-state index in [1.54, 1.807) is 20.8 Å². The monoisotopic (exact) mass is 278 g/mol. The molecule has 104 valence electrons. The molecular weight excluding hydrogens is 260 g/mol. The molecule has 1 unspecified atom stereocenters. The number of carbonyl (C=O) groups excluding carboxylic acids is 1. The van der Waals surface area contributed by atoms with Crippen molar-refractivity contribution in [3.63, 3.8) is 0 Å². The van der Waals surface area contributed by atoms with Crippen LogP contribution in [-0.4, -0.2) is 42.6 Å². The molecule has 0 spiro atoms. The van der Waals surface area contributed by atoms with E-state index in [2.05, 4.69) is 0 Å². The van der Waals surface area contributed by atoms with E-state index >= 15 is 0 Å². The molecule has 1 heterocycles. The Morgan fingerprint density at radius 2 is 1.83 bits per heavy atom. The van der Waals surface area contributed by atoms with Crippen LogP contribution < -0.4 is 0 Å². The van der Waals surface area contributed by atoms with Crippen LogP contribution in [0.3, 0.4) is 0 Å². The predicted molar refractivity (Wildman–Crippen MR) is 63.8 cm³/mol. The van der Waals surface area contributed by atoms with Gasteiger partial charge in [-0.05, 0) is 33.6 Å². The molecule has 1 rings (SSSR count). The van der Waals surface area contributed by atoms with E-state index in [1.165, 1.54) is 0 Å². The fourth-order valence-corrected chi connectivity index (χ4v) is 3.77. The van der Waals surface area contributed by atoms with Crippen LogP contribution in [0, 0.1) is 5.41 Å². The van der Waals surface area contributed by atoms with E-state index < -0.39 is 38.5 Å². The molecule has 1 aliphatic rings. The summed E-state index contributed by atoms with van der Waals surface area (Å²) in [5.74, 6) is -3.15. The molecule has 0 aromatic rings. The molecule has 1 aliphatic heterocycles. The molecule has 18 heavy (non-hydrogen) atoms. The maximum Gasteiger partial charge on any atom is 0.325 e. The largest absolute Gasteiger partial charge is 0.480 e. The standard InChI is InChI=1S/C11H18O6S/c1-10(2,3)17-9(14)11(8(12)13)5-4-6-18(15,16)7-11/h4-7H2,1-3H3,(H,12,13). The molecule has 0 bridgehead atoms. The Kier molecular flexibility index (Phi) is 3.76. The first-order chi connectivity index (χ1) is 7.99. The van der Waals surface area contributed by atoms with E-state index in [0.717, 1.165) is 0 Å². The van der Waals surface area contributed by atoms with Gasteiger partial charge >= 0.3 is 11.9 Å². The number of aliphatic carboxylic acids is 1. The molecule has 1 atom stereocenters. The average molecular weight is 278 g/mol. The normalized spacial score (nSPS) is 27.5. The van der Waals surface area contributed by atoms with Crippen molar-refractivity contribution < 1.29 is 27.9 Å². The van der Waals surface area contributed by atoms with Crippen molar-refractivity contribution in [3.8, 4) is 0 Å². The van der Waals surface area contributed by atoms with Crippen molar-refractivity contribution in [1.82, 2.24) is 0 Å². The lowest BCUT2D eigenvalue weighted by Crippen LogP contribution is -2.50. The highest BCUT2D eigenvalue weighted by Crippen LogP contribution is 2.34. The van der Waals surface area contributed by atoms with Crippen molar-refractivity contribution in [2.75, 3.05) is 11.5 Å². The minimum atomic E-state index is -3.52. The highest BCUT2D eigenvalue weighted by atomic mass is 32.2. The highest BCUT2D eigenvalue weighted by molar-refractivity contribution is 7.91. The Morgan fingerprint density at radius 3 is 2.22 bits per heavy atom. The summed E-state index contributed by atoms with van der Waals surface area (Å²) in [4.78, 5) is 23.3. The maximum atomic E-state index is 12.0. The third-order valence-corrected chi connectivity index (χ3v) is 4.57. The van der Waals surface area contributed by atoms with Crippen molar-refractivity contribution in [1.29, 1.82) is 0 Å². The second-order valence-electron chi connectivity index (χ2n) is 5.58. The number of sulfone groups is 1. The summed E-state index contributed by atoms with van der Waals surface area (Å²) in [6.07, 6.45) is 0.157. The van der Waals surface area contributed by atoms with Gasteiger partial charge in [-0.3, -0.25) is 9.59 Å². The quantitative estimate of drug-likeness (QED) is 0.587. The Bertz CT molecular complexity index is 458. The molecule has 1 saturated heterocycles. The van der Waals surface area contributed by atoms with E-state index in [-0.39, 0.29) is 18.6 Å². The third-order valence-electron chi connectivity index (χ3n) is 2.72. The van der Waals surface area contributed by atoms with E-state index in [0.29, 0.717) is 0 Å². The Hall–Kier alpha value is -1.11. The smallest absolute Gasteiger partial charge is 0.325 e. The molecule has 6 nitrogen and oxygen atoms in total. The second-order valence-corrected chi connectivity index (χ2v) is 7.77. The van der Waals surface area contributed by atoms with Gasteiger partial charge in [0.05, 0.1) is 11.5 Å². The number of carboxylic acid groups (broad SMARTS) is 1. The van der Waals surface area contributed by atoms with Crippen molar-refractivity contribution in [2.24, 2.45) is 5.41 Å². The van der Waals surface area contributed by atoms with Gasteiger partial charge in [-0.2, -0.15) is 0 Å². The van der Waals surface area contributed by atoms with Crippen molar-refractivity contribution >= 4 is 21.8 Å². The molecule has 0 radical (unpaired) electrons. The first-order valence-corrected chi connectivity index (χ1v) is 7.48. The zero-order valence-electron chi connectivity index (χ0n) is 10.7. The summed E-state index contributed by atoms with van der Waals surface area (Å²) in [5, 5.41) is 9.22. The molecule has 0 amide bonds. The van der Waals surface area contributed by atoms with Gasteiger partial charge in [0, 0.05) is 0 Å². The molecular formula is C11H18O6S. The number of carbonyl (C=O) groups is 2. The number of hydrogen-bond donors (Lipinski definition) is 1. The van der Waals surface area contributed by atoms with E-state index in [9.17, 15) is 23.1 Å². The summed E-state index contributed by atoms with van der Waals surface area (Å²) in [5.41, 5.74) is -2.80. The molecule has 0 aromatic carbocycles. The van der Waals surface area contributed by atoms with Gasteiger partial charge in [0.1, 0.15) is 5.60 Å². The fourth-order valence-electron chi connectivity index (χ4n) is 1.91. The zero-order chi connectivity index (χ0) is 14.2. The Balaban J connectivity index is 3.09. The third kappa shape index (κ3) is 3.22. The number of esters is 1. The van der Waals surface area contributed by atoms with Gasteiger partial charge in [0.2, 0.25) is 0 Å². The SMILES string of the molecule is CC(C)(C)OC(=O)C1(C(=O)O)CCCS(=O)(=O)C1. The van der Waals surface area contributed by atoms with Gasteiger partial charge in [0.25, 0.3) is 0 Å². The number of carboxylic acids is 1. The van der Waals surface area contributed by atoms with Crippen LogP contribution in [0.4, 0.5) is 0 Å². The summed E-state index contributed by atoms with van der Waals surface area (Å²) in [6, 6.07) is 0. The highest BCUT2D eigenvalue weighted by Gasteiger charge is 2.53. The van der Waals surface area contributed by atoms with Gasteiger partial charge in [-0.15, -0.1) is 0 Å². The van der Waals surface area contributed by atoms with Crippen LogP contribution in [0.25, 0.3) is 0 Å². The molecule has 0 aliphatic carbocycles. The predicted octanol–water partition coefficient (Wildman–Crippen LogP) is 0.608. The molecule has 1 fully saturated rings. The topological polar surface area (TPSA) is 97.7 Å². The lowest BCUT2D eigenvalue weighted by molar-refractivity contribution is -0.176. The van der Waals surface area contributed by atoms with Gasteiger partial charge in [-0.1, -0.05) is 0 Å². The first-order valence-electron chi connectivity index (χ1n) is 5.66. The van der Waals surface area contributed by atoms with Gasteiger partial charge in [0.15, 0.2) is 15.3 Å². The number of ether oxygens (including phenoxy) is 1. The molecule has 7 heteroatoms. The minimum absolute atomic E-state index is 0.00350.